The number of aryl methyl sites for hydroxylation is 2. The minimum absolute atomic E-state index is 0. The number of carbonyl (C=O) groups excluding carboxylic acids is 6. The van der Waals surface area contributed by atoms with Crippen molar-refractivity contribution in [1.29, 1.82) is 0 Å². The number of hydrogen-bond acceptors (Lipinski definition) is 14. The molecule has 90 heavy (non-hydrogen) atoms. The molecule has 2 aliphatic carbocycles. The number of alkyl halides is 6. The van der Waals surface area contributed by atoms with Crippen molar-refractivity contribution in [2.45, 2.75) is 219 Å². The summed E-state index contributed by atoms with van der Waals surface area (Å²) in [6, 6.07) is 2.64. The first-order chi connectivity index (χ1) is 41.6. The van der Waals surface area contributed by atoms with E-state index in [4.69, 9.17) is 18.9 Å². The summed E-state index contributed by atoms with van der Waals surface area (Å²) in [5.74, 6) is -1.16. The van der Waals surface area contributed by atoms with Gasteiger partial charge in [0.2, 0.25) is 23.6 Å². The number of alkyl carbamates (subject to hydrolysis) is 2. The van der Waals surface area contributed by atoms with Crippen molar-refractivity contribution < 1.29 is 111 Å². The first-order valence-electron chi connectivity index (χ1n) is 31.0. The summed E-state index contributed by atoms with van der Waals surface area (Å²) in [4.78, 5) is 99.8. The maximum absolute atomic E-state index is 14.1. The Labute approximate surface area is 544 Å². The first kappa shape index (κ1) is 71.7. The van der Waals surface area contributed by atoms with Crippen LogP contribution in [0.2, 0.25) is 0 Å². The molecule has 490 valence electrons. The summed E-state index contributed by atoms with van der Waals surface area (Å²) in [5.41, 5.74) is -1.31. The van der Waals surface area contributed by atoms with Crippen LogP contribution in [0.25, 0.3) is 22.1 Å². The Kier molecular flexibility index (Phi) is 23.5. The molecular weight excluding hydrogens is 1260 g/mol. The molecule has 2 N–H and O–H groups in total. The summed E-state index contributed by atoms with van der Waals surface area (Å²) in [7, 11) is 0. The fraction of sp³-hybridized carbons (Fsp3) is 0.656. The topological polar surface area (TPSA) is 221 Å². The van der Waals surface area contributed by atoms with Crippen LogP contribution in [0, 0.1) is 34.5 Å². The molecule has 6 heterocycles. The number of fused-ring (bicyclic) bond motifs is 10. The van der Waals surface area contributed by atoms with Gasteiger partial charge < -0.3 is 49.0 Å². The van der Waals surface area contributed by atoms with Crippen molar-refractivity contribution in [1.82, 2.24) is 40.4 Å². The summed E-state index contributed by atoms with van der Waals surface area (Å²) in [5, 5.41) is 5.54. The second kappa shape index (κ2) is 29.5. The fourth-order valence-corrected chi connectivity index (χ4v) is 13.2. The Hall–Kier alpha value is -5.71. The molecule has 2 radical (unpaired) electrons. The van der Waals surface area contributed by atoms with Gasteiger partial charge in [-0.05, 0) is 135 Å². The van der Waals surface area contributed by atoms with Gasteiger partial charge in [0.25, 0.3) is 0 Å². The van der Waals surface area contributed by atoms with Gasteiger partial charge in [-0.25, -0.2) is 42.1 Å². The van der Waals surface area contributed by atoms with Gasteiger partial charge in [-0.3, -0.25) is 9.59 Å². The van der Waals surface area contributed by atoms with Gasteiger partial charge in [-0.15, -0.1) is 0 Å². The third-order valence-corrected chi connectivity index (χ3v) is 18.2. The van der Waals surface area contributed by atoms with E-state index in [1.807, 2.05) is 68.0 Å². The molecule has 26 heteroatoms. The largest absolute Gasteiger partial charge is 0.540 e. The van der Waals surface area contributed by atoms with Crippen molar-refractivity contribution in [3.63, 3.8) is 0 Å². The molecule has 2 aromatic carbocycles. The van der Waals surface area contributed by atoms with E-state index in [0.29, 0.717) is 48.1 Å². The summed E-state index contributed by atoms with van der Waals surface area (Å²) >= 11 is 0. The zero-order chi connectivity index (χ0) is 63.6. The van der Waals surface area contributed by atoms with Crippen LogP contribution in [0.15, 0.2) is 36.4 Å². The number of aromatic nitrogens is 4. The quantitative estimate of drug-likeness (QED) is 0.143. The first-order valence-corrected chi connectivity index (χ1v) is 31.0. The Bertz CT molecular complexity index is 3220. The molecule has 18 nitrogen and oxygen atoms in total. The molecule has 0 spiro atoms. The number of hydrogen-bond donors (Lipinski definition) is 2. The van der Waals surface area contributed by atoms with Crippen LogP contribution in [0.5, 0.6) is 11.8 Å². The molecule has 4 fully saturated rings. The third-order valence-electron chi connectivity index (χ3n) is 18.2. The van der Waals surface area contributed by atoms with Crippen LogP contribution < -0.4 is 20.1 Å². The van der Waals surface area contributed by atoms with Crippen LogP contribution in [0.1, 0.15) is 168 Å². The van der Waals surface area contributed by atoms with E-state index >= 15 is 0 Å². The Balaban J connectivity index is 0.000000251. The second-order valence-corrected chi connectivity index (χ2v) is 26.6. The van der Waals surface area contributed by atoms with Gasteiger partial charge in [0, 0.05) is 37.1 Å². The molecule has 4 aliphatic heterocycles. The summed E-state index contributed by atoms with van der Waals surface area (Å²) in [6.07, 6.45) is 3.98. The number of carbonyl (C=O) groups is 4. The fourth-order valence-electron chi connectivity index (χ4n) is 13.2. The van der Waals surface area contributed by atoms with Crippen molar-refractivity contribution >= 4 is 58.6 Å². The number of nitrogens with one attached hydrogen (secondary N) is 2. The summed E-state index contributed by atoms with van der Waals surface area (Å²) in [6.45, 7) is 14.7. The van der Waals surface area contributed by atoms with Gasteiger partial charge in [0.15, 0.2) is 0 Å². The number of ether oxygens (including phenoxy) is 4. The van der Waals surface area contributed by atoms with Crippen LogP contribution in [-0.4, -0.2) is 128 Å². The zero-order valence-corrected chi connectivity index (χ0v) is 54.8. The monoisotopic (exact) mass is 1340 g/mol. The Morgan fingerprint density at radius 1 is 0.511 bits per heavy atom. The number of halogens is 6. The molecule has 10 rings (SSSR count). The number of rotatable bonds is 4. The standard InChI is InChI=1S/C33H42F3N4O5.C31H38F3N4O5.2V/c1-5-21-25(18-41)40-17-27(21)44-29-23(37-22-15-14-20(33(34,35)36)16-24(22)38-29)12-8-6-7-10-19-11-9-13-26(19)45-31(43)39-28(30(40)42)32(2,3)4;1-5-19-23(16-39)38-15-25(19)42-27-21(35-20-12-11-18(31(32,33)34)14-22(20)36-27)10-8-6-7-9-17-13-24(17)43-29(41)37-26(28(38)40)30(2,3)4;;/h14-16,19,21,25-28H,5-13,17H2,1-4H3,(H,39,43);11-12,14,17,19,23-26H,5-10,13,15H2,1-4H3,(H,37,41);;/q2*-1;;/t19-,21+,25-,26-,27+,28-;17-,19+,23-,24-,25+,26-;;/m11../s1. The molecule has 2 aromatic heterocycles. The van der Waals surface area contributed by atoms with Gasteiger partial charge >= 0.3 is 24.5 Å². The van der Waals surface area contributed by atoms with Crippen molar-refractivity contribution in [2.75, 3.05) is 13.1 Å². The molecule has 0 unspecified atom stereocenters. The van der Waals surface area contributed by atoms with Crippen molar-refractivity contribution in [3.8, 4) is 11.8 Å². The Morgan fingerprint density at radius 3 is 1.32 bits per heavy atom. The average molecular weight is 1340 g/mol. The van der Waals surface area contributed by atoms with E-state index in [2.05, 4.69) is 30.6 Å². The van der Waals surface area contributed by atoms with E-state index in [0.717, 1.165) is 101 Å². The molecule has 4 bridgehead atoms. The molecule has 2 saturated heterocycles. The molecule has 4 amide bonds. The van der Waals surface area contributed by atoms with Crippen LogP contribution in [0.4, 0.5) is 35.9 Å². The smallest absolute Gasteiger partial charge is 0.416 e. The maximum Gasteiger partial charge on any atom is 0.416 e. The normalized spacial score (nSPS) is 28.2. The average Bonchev–Trinajstić information content (AvgIpc) is 2.81. The minimum atomic E-state index is -4.55. The summed E-state index contributed by atoms with van der Waals surface area (Å²) < 4.78 is 105. The minimum Gasteiger partial charge on any atom is -0.540 e. The van der Waals surface area contributed by atoms with Gasteiger partial charge in [0.1, 0.15) is 47.9 Å². The predicted octanol–water partition coefficient (Wildman–Crippen LogP) is 11.6. The number of amides is 4. The molecule has 12 atom stereocenters. The van der Waals surface area contributed by atoms with Crippen molar-refractivity contribution in [3.05, 3.63) is 58.9 Å². The zero-order valence-electron chi connectivity index (χ0n) is 52.0. The maximum atomic E-state index is 14.1. The van der Waals surface area contributed by atoms with Crippen LogP contribution in [-0.2, 0) is 91.0 Å². The number of nitrogens with zero attached hydrogens (tertiary/aromatic N) is 6. The van der Waals surface area contributed by atoms with E-state index in [9.17, 15) is 55.1 Å². The Morgan fingerprint density at radius 2 is 0.922 bits per heavy atom. The van der Waals surface area contributed by atoms with Crippen molar-refractivity contribution in [2.24, 2.45) is 34.5 Å². The predicted molar refractivity (Wildman–Crippen MR) is 311 cm³/mol. The van der Waals surface area contributed by atoms with Gasteiger partial charge in [-0.2, -0.15) is 26.3 Å². The van der Waals surface area contributed by atoms with E-state index in [1.54, 1.807) is 0 Å². The van der Waals surface area contributed by atoms with Gasteiger partial charge in [0.05, 0.1) is 46.3 Å². The molecule has 4 aromatic rings. The second-order valence-electron chi connectivity index (χ2n) is 26.6. The van der Waals surface area contributed by atoms with E-state index in [1.165, 1.54) is 21.9 Å². The molecule has 2 saturated carbocycles. The molecular formula is C64H80F6N8O10V2-2. The third kappa shape index (κ3) is 16.7. The van der Waals surface area contributed by atoms with E-state index in [-0.39, 0.29) is 97.0 Å². The van der Waals surface area contributed by atoms with Gasteiger partial charge in [-0.1, -0.05) is 106 Å². The molecule has 6 aliphatic rings. The SMILES string of the molecule is CC[C@@H]1[C@@H]2CN(C(=O)[C@H](C(C)(C)C)NC(=O)O[C@@H]3CCC[C@H]3CCCCCc3nc4ccc(C(F)(F)F)cc4nc3O2)[C@@H]1[C-]=O.CC[C@@H]1[C@@H]2CN(C(=O)[C@H](C(C)(C)C)NC(=O)O[C@@H]3C[C@H]3CCCCCc3nc4ccc(C(F)(F)F)cc4nc3O2)[C@@H]1[C-]=O.[V].[V]. The van der Waals surface area contributed by atoms with Crippen LogP contribution in [0.3, 0.4) is 0 Å². The van der Waals surface area contributed by atoms with E-state index < -0.39 is 107 Å². The number of benzene rings is 2. The van der Waals surface area contributed by atoms with Crippen LogP contribution >= 0.6 is 0 Å².